The summed E-state index contributed by atoms with van der Waals surface area (Å²) in [5.41, 5.74) is 0.500. The second kappa shape index (κ2) is 143. The van der Waals surface area contributed by atoms with Gasteiger partial charge in [0, 0.05) is 13.2 Å². The summed E-state index contributed by atoms with van der Waals surface area (Å²) in [5, 5.41) is 0. The molecule has 0 aliphatic rings. The summed E-state index contributed by atoms with van der Waals surface area (Å²) in [6, 6.07) is 0. The van der Waals surface area contributed by atoms with Gasteiger partial charge >= 0.3 is 0 Å². The van der Waals surface area contributed by atoms with Gasteiger partial charge in [-0.1, -0.05) is 698 Å². The van der Waals surface area contributed by atoms with Crippen LogP contribution in [0.25, 0.3) is 0 Å². The highest BCUT2D eigenvalue weighted by molar-refractivity contribution is 5.02. The minimum Gasteiger partial charge on any atom is -0.381 e. The van der Waals surface area contributed by atoms with E-state index in [-0.39, 0.29) is 0 Å². The molecule has 0 fully saturated rings. The van der Waals surface area contributed by atoms with Gasteiger partial charge < -0.3 is 4.74 Å². The van der Waals surface area contributed by atoms with Gasteiger partial charge in [-0.15, -0.1) is 0 Å². The molecule has 0 N–H and O–H groups in total. The zero-order chi connectivity index (χ0) is 104. The predicted octanol–water partition coefficient (Wildman–Crippen LogP) is 50.3. The normalized spacial score (nSPS) is 11.4. The third-order valence-electron chi connectivity index (χ3n) is 24.3. The third-order valence-corrected chi connectivity index (χ3v) is 24.3. The van der Waals surface area contributed by atoms with Crippen LogP contribution in [0.3, 0.4) is 0 Å². The van der Waals surface area contributed by atoms with Gasteiger partial charge in [0.2, 0.25) is 0 Å². The smallest absolute Gasteiger partial charge is 0.0488 e. The SMILES string of the molecule is CC(C)C.CC(C)C(C)(C)C.CC(C)C(C)C.CC/C=C\C/C=C\C/C=C\C/C=C\C/C=C\C/C=C\CCCOCC(C)C.CCC(C)C.CCC(CC)C(C)C.CCCC(C)C.CCCCC(C)C.CCCCCC(C)C.CCCCCCCCC(C)C.CCCCCCCCCC(C)C.CCCCCCCCCCCC(C)C.CCCCCCCCCCCCCCCC(C)C. The zero-order valence-corrected chi connectivity index (χ0v) is 103. The Morgan fingerprint density at radius 3 is 0.541 bits per heavy atom. The fourth-order valence-corrected chi connectivity index (χ4v) is 12.8. The fourth-order valence-electron chi connectivity index (χ4n) is 12.8. The molecule has 0 aromatic rings. The Hall–Kier alpha value is -1.60. The number of unbranched alkanes of at least 4 members (excludes halogenated alkanes) is 35. The Labute approximate surface area is 856 Å². The molecule has 0 unspecified atom stereocenters. The lowest BCUT2D eigenvalue weighted by Gasteiger charge is -2.22. The highest BCUT2D eigenvalue weighted by Gasteiger charge is 2.14. The Balaban J connectivity index is -0.000000111. The number of allylic oxidation sites excluding steroid dienone is 12. The van der Waals surface area contributed by atoms with Crippen LogP contribution < -0.4 is 0 Å². The van der Waals surface area contributed by atoms with Crippen molar-refractivity contribution < 1.29 is 4.74 Å². The van der Waals surface area contributed by atoms with Crippen molar-refractivity contribution in [3.8, 4) is 0 Å². The Morgan fingerprint density at radius 1 is 0.195 bits per heavy atom. The zero-order valence-electron chi connectivity index (χ0n) is 103. The van der Waals surface area contributed by atoms with Crippen molar-refractivity contribution in [1.82, 2.24) is 0 Å². The predicted molar refractivity (Wildman–Crippen MR) is 637 cm³/mol. The van der Waals surface area contributed by atoms with Gasteiger partial charge in [-0.05, 0) is 146 Å². The molecule has 0 aromatic heterocycles. The van der Waals surface area contributed by atoms with E-state index in [1.54, 1.807) is 0 Å². The highest BCUT2D eigenvalue weighted by atomic mass is 16.5. The summed E-state index contributed by atoms with van der Waals surface area (Å²) >= 11 is 0. The average Bonchev–Trinajstić information content (AvgIpc) is 0.951. The van der Waals surface area contributed by atoms with Crippen LogP contribution >= 0.6 is 0 Å². The monoisotopic (exact) mass is 1880 g/mol. The molecular formula is C132H278O. The van der Waals surface area contributed by atoms with Crippen molar-refractivity contribution >= 4 is 0 Å². The van der Waals surface area contributed by atoms with Crippen LogP contribution in [0, 0.1) is 94.2 Å². The summed E-state index contributed by atoms with van der Waals surface area (Å²) < 4.78 is 5.57. The molecule has 0 saturated carbocycles. The minimum atomic E-state index is 0.500. The molecule has 0 atom stereocenters. The topological polar surface area (TPSA) is 9.23 Å². The number of hydrogen-bond acceptors (Lipinski definition) is 1. The maximum absolute atomic E-state index is 5.57. The fraction of sp³-hybridized carbons (Fsp3) is 0.909. The first-order valence-electron chi connectivity index (χ1n) is 60.4. The van der Waals surface area contributed by atoms with Gasteiger partial charge in [-0.25, -0.2) is 0 Å². The van der Waals surface area contributed by atoms with Gasteiger partial charge in [-0.3, -0.25) is 0 Å². The maximum Gasteiger partial charge on any atom is 0.0488 e. The van der Waals surface area contributed by atoms with Gasteiger partial charge in [0.05, 0.1) is 0 Å². The van der Waals surface area contributed by atoms with Crippen molar-refractivity contribution in [3.05, 3.63) is 72.9 Å². The second-order valence-corrected chi connectivity index (χ2v) is 46.7. The van der Waals surface area contributed by atoms with Crippen LogP contribution in [0.5, 0.6) is 0 Å². The molecule has 1 nitrogen and oxygen atoms in total. The molecule has 0 bridgehead atoms. The van der Waals surface area contributed by atoms with Crippen LogP contribution in [0.1, 0.15) is 677 Å². The molecule has 812 valence electrons. The Morgan fingerprint density at radius 2 is 0.391 bits per heavy atom. The standard InChI is InChI=1S/C26H42O.C18H38.C14H30.C12H26.C11H24.2C8H18.2C7H16.2C6H14.C5H12.C4H10/c1-4-5-6-7-8-9-10-11-12-13-14-15-16-17-18-19-20-21-22-23-24-27-25-26(2)3;1-4-5-6-7-8-9-10-11-12-13-14-15-16-17-18(2)3;1-4-5-6-7-8-9-10-11-12-13-14(2)3;1-4-5-6-7-8-9-10-11-12(2)3;1-4-5-6-7-8-9-10-11(2)3;1-5-8(6-2)7(3)4;1-4-5-6-7-8(2)3;1-6(2)7(3,4)5;1-4-5-6-7(2)3;1-5(2)6(3)4;1-4-5-6(2)3;1-4-5(2)3;1-4(2)3/h5-6,8-9,11-12,14-15,17-18,20-21,26H,4,7,10,13,16,19,22-25H2,1-3H3;18H,4-17H2,1-3H3;14H,4-13H2,1-3H3;12H,4-11H2,1-3H3;11H,4-10H2,1-3H3;7-8H,5-6H2,1-4H3;8H,4-7H2,1-3H3;6H,1-5H3;7H,4-6H2,1-3H3;5-6H,1-4H3;6H,4-5H2,1-3H3;5H,4H2,1-3H3;4H,1-3H3/b6-5-,9-8-,12-11-,15-14-,18-17-,21-20-;;;;;;;;;;;;. The van der Waals surface area contributed by atoms with Crippen LogP contribution in [0.2, 0.25) is 0 Å². The summed E-state index contributed by atoms with van der Waals surface area (Å²) in [6.07, 6.45) is 108. The van der Waals surface area contributed by atoms with Crippen molar-refractivity contribution in [1.29, 1.82) is 0 Å². The lowest BCUT2D eigenvalue weighted by molar-refractivity contribution is 0.108. The van der Waals surface area contributed by atoms with Crippen LogP contribution in [-0.2, 0) is 4.74 Å². The Bertz CT molecular complexity index is 1980. The number of hydrogen-bond donors (Lipinski definition) is 0. The lowest BCUT2D eigenvalue weighted by Crippen LogP contribution is -2.12. The van der Waals surface area contributed by atoms with Crippen LogP contribution in [0.4, 0.5) is 0 Å². The molecule has 0 rings (SSSR count). The molecule has 0 saturated heterocycles. The molecule has 0 spiro atoms. The first-order valence-corrected chi connectivity index (χ1v) is 60.4. The van der Waals surface area contributed by atoms with Crippen molar-refractivity contribution in [2.75, 3.05) is 13.2 Å². The van der Waals surface area contributed by atoms with Crippen molar-refractivity contribution in [3.63, 3.8) is 0 Å². The summed E-state index contributed by atoms with van der Waals surface area (Å²) in [7, 11) is 0. The van der Waals surface area contributed by atoms with E-state index >= 15 is 0 Å². The maximum atomic E-state index is 5.57. The van der Waals surface area contributed by atoms with Gasteiger partial charge in [0.25, 0.3) is 0 Å². The molecule has 0 amide bonds. The lowest BCUT2D eigenvalue weighted by atomic mass is 9.84. The molecule has 0 aromatic carbocycles. The van der Waals surface area contributed by atoms with Gasteiger partial charge in [-0.2, -0.15) is 0 Å². The van der Waals surface area contributed by atoms with E-state index in [2.05, 4.69) is 371 Å². The quantitative estimate of drug-likeness (QED) is 0.0436. The first-order chi connectivity index (χ1) is 63.0. The third kappa shape index (κ3) is 227. The number of rotatable bonds is 70. The minimum absolute atomic E-state index is 0.500. The van der Waals surface area contributed by atoms with E-state index in [4.69, 9.17) is 4.74 Å². The van der Waals surface area contributed by atoms with Crippen LogP contribution in [0.15, 0.2) is 72.9 Å². The second-order valence-electron chi connectivity index (χ2n) is 46.7. The molecule has 1 heteroatoms. The molecule has 0 radical (unpaired) electrons. The summed E-state index contributed by atoms with van der Waals surface area (Å²) in [5.74, 6) is 13.0. The average molecular weight is 1880 g/mol. The molecule has 0 aliphatic heterocycles. The van der Waals surface area contributed by atoms with Crippen LogP contribution in [-0.4, -0.2) is 13.2 Å². The van der Waals surface area contributed by atoms with E-state index < -0.39 is 0 Å². The Kier molecular flexibility index (Phi) is 172. The summed E-state index contributed by atoms with van der Waals surface area (Å²) in [6.45, 7) is 98.9. The molecule has 0 aliphatic carbocycles. The molecule has 133 heavy (non-hydrogen) atoms. The molecular weight excluding hydrogens is 1600 g/mol. The van der Waals surface area contributed by atoms with E-state index in [1.807, 2.05) is 0 Å². The van der Waals surface area contributed by atoms with E-state index in [1.165, 1.54) is 327 Å². The van der Waals surface area contributed by atoms with E-state index in [0.717, 1.165) is 147 Å². The molecule has 0 heterocycles. The van der Waals surface area contributed by atoms with E-state index in [0.29, 0.717) is 11.3 Å². The van der Waals surface area contributed by atoms with Gasteiger partial charge in [0.1, 0.15) is 0 Å². The number of ether oxygens (including phenoxy) is 1. The summed E-state index contributed by atoms with van der Waals surface area (Å²) in [4.78, 5) is 0. The first kappa shape index (κ1) is 159. The van der Waals surface area contributed by atoms with Crippen molar-refractivity contribution in [2.24, 2.45) is 94.2 Å². The van der Waals surface area contributed by atoms with Crippen molar-refractivity contribution in [2.45, 2.75) is 677 Å². The largest absolute Gasteiger partial charge is 0.381 e. The van der Waals surface area contributed by atoms with Gasteiger partial charge in [0.15, 0.2) is 0 Å². The van der Waals surface area contributed by atoms with E-state index in [9.17, 15) is 0 Å². The highest BCUT2D eigenvalue weighted by Crippen LogP contribution is 2.24.